The number of fused-ring (bicyclic) bond motifs is 1. The second kappa shape index (κ2) is 14.0. The maximum absolute atomic E-state index is 11.4. The zero-order valence-electron chi connectivity index (χ0n) is 28.6. The van der Waals surface area contributed by atoms with E-state index in [4.69, 9.17) is 9.97 Å². The molecule has 0 spiro atoms. The molecule has 0 bridgehead atoms. The summed E-state index contributed by atoms with van der Waals surface area (Å²) in [6.45, 7) is 4.39. The average molecular weight is 842 g/mol. The number of benzene rings is 6. The summed E-state index contributed by atoms with van der Waals surface area (Å²) in [4.78, 5) is 10.2. The topological polar surface area (TPSA) is 50.9 Å². The number of aryl methyl sites for hydroxylation is 1. The van der Waals surface area contributed by atoms with Gasteiger partial charge in [-0.3, -0.25) is 4.98 Å². The molecule has 8 aromatic rings. The normalized spacial score (nSPS) is 11.4. The molecule has 0 saturated heterocycles. The summed E-state index contributed by atoms with van der Waals surface area (Å²) in [6, 6.07) is 55.4. The van der Waals surface area contributed by atoms with E-state index >= 15 is 0 Å². The summed E-state index contributed by atoms with van der Waals surface area (Å²) in [5.74, 6) is 0.915. The third kappa shape index (κ3) is 6.33. The Balaban J connectivity index is 0.00000406. The zero-order valence-corrected chi connectivity index (χ0v) is 30.9. The SMILES string of the molecule is Cn1c(-c2c(O)cccc2C(C)(C)c2ccccc2)nc2c(-c3[c-]c(-c4ccc(-c5ccccc5)cn4)cc(-c4ccccc4)c3)cccc21.[Pt]. The van der Waals surface area contributed by atoms with Crippen LogP contribution in [0.3, 0.4) is 0 Å². The third-order valence-corrected chi connectivity index (χ3v) is 9.76. The molecule has 0 radical (unpaired) electrons. The van der Waals surface area contributed by atoms with Crippen molar-refractivity contribution in [2.24, 2.45) is 7.05 Å². The summed E-state index contributed by atoms with van der Waals surface area (Å²) >= 11 is 0. The van der Waals surface area contributed by atoms with Gasteiger partial charge in [0, 0.05) is 45.4 Å². The molecular weight excluding hydrogens is 806 g/mol. The smallest absolute Gasteiger partial charge is 0.144 e. The van der Waals surface area contributed by atoms with E-state index in [-0.39, 0.29) is 32.2 Å². The quantitative estimate of drug-likeness (QED) is 0.163. The monoisotopic (exact) mass is 841 g/mol. The Morgan fingerprint density at radius 2 is 1.25 bits per heavy atom. The molecule has 0 amide bonds. The standard InChI is InChI=1S/C46H36N3O.Pt/c1-46(2,37-19-11-6-12-20-37)39-22-14-24-42(50)43(39)45-48-44-38(21-13-23-41(44)49(45)3)35-27-34(32-17-9-5-10-18-32)28-36(29-35)40-26-25-33(30-47-40)31-15-7-4-8-16-31;/h4-28,30,50H,1-3H3;/q-1;. The van der Waals surface area contributed by atoms with Crippen LogP contribution >= 0.6 is 0 Å². The van der Waals surface area contributed by atoms with Crippen LogP contribution < -0.4 is 0 Å². The summed E-state index contributed by atoms with van der Waals surface area (Å²) < 4.78 is 2.09. The maximum Gasteiger partial charge on any atom is 0.144 e. The molecule has 0 atom stereocenters. The number of phenols is 1. The molecule has 0 fully saturated rings. The molecular formula is C46H36N3OPt-. The van der Waals surface area contributed by atoms with Gasteiger partial charge >= 0.3 is 0 Å². The summed E-state index contributed by atoms with van der Waals surface area (Å²) in [5.41, 5.74) is 12.4. The number of rotatable bonds is 7. The number of pyridine rings is 1. The molecule has 0 saturated carbocycles. The number of hydrogen-bond acceptors (Lipinski definition) is 3. The molecule has 252 valence electrons. The number of phenolic OH excluding ortho intramolecular Hbond substituents is 1. The van der Waals surface area contributed by atoms with Crippen molar-refractivity contribution in [3.05, 3.63) is 175 Å². The van der Waals surface area contributed by atoms with Gasteiger partial charge in [0.15, 0.2) is 0 Å². The van der Waals surface area contributed by atoms with Gasteiger partial charge in [-0.15, -0.1) is 23.8 Å². The van der Waals surface area contributed by atoms with Gasteiger partial charge in [0.05, 0.1) is 16.6 Å². The Kier molecular flexibility index (Phi) is 9.29. The second-order valence-corrected chi connectivity index (χ2v) is 13.2. The predicted octanol–water partition coefficient (Wildman–Crippen LogP) is 11.1. The molecule has 5 heteroatoms. The third-order valence-electron chi connectivity index (χ3n) is 9.76. The minimum Gasteiger partial charge on any atom is -0.507 e. The van der Waals surface area contributed by atoms with Gasteiger partial charge in [-0.2, -0.15) is 0 Å². The van der Waals surface area contributed by atoms with Crippen LogP contribution in [0, 0.1) is 6.07 Å². The van der Waals surface area contributed by atoms with Gasteiger partial charge in [-0.05, 0) is 39.9 Å². The van der Waals surface area contributed by atoms with Gasteiger partial charge in [-0.1, -0.05) is 158 Å². The molecule has 2 aromatic heterocycles. The van der Waals surface area contributed by atoms with Crippen molar-refractivity contribution in [3.63, 3.8) is 0 Å². The Labute approximate surface area is 313 Å². The fourth-order valence-corrected chi connectivity index (χ4v) is 6.97. The molecule has 8 rings (SSSR count). The van der Waals surface area contributed by atoms with E-state index in [1.807, 2.05) is 49.6 Å². The van der Waals surface area contributed by atoms with Gasteiger partial charge in [0.2, 0.25) is 0 Å². The van der Waals surface area contributed by atoms with E-state index in [2.05, 4.69) is 134 Å². The number of imidazole rings is 1. The van der Waals surface area contributed by atoms with Crippen molar-refractivity contribution in [1.82, 2.24) is 14.5 Å². The van der Waals surface area contributed by atoms with Crippen molar-refractivity contribution in [1.29, 1.82) is 0 Å². The van der Waals surface area contributed by atoms with Crippen molar-refractivity contribution in [3.8, 4) is 61.8 Å². The van der Waals surface area contributed by atoms with Crippen LogP contribution in [-0.2, 0) is 33.5 Å². The first kappa shape index (κ1) is 33.9. The molecule has 51 heavy (non-hydrogen) atoms. The fraction of sp³-hybridized carbons (Fsp3) is 0.0870. The van der Waals surface area contributed by atoms with Crippen LogP contribution in [0.4, 0.5) is 0 Å². The largest absolute Gasteiger partial charge is 0.507 e. The van der Waals surface area contributed by atoms with Crippen LogP contribution in [0.2, 0.25) is 0 Å². The van der Waals surface area contributed by atoms with E-state index < -0.39 is 0 Å². The number of nitrogens with zero attached hydrogens (tertiary/aromatic N) is 3. The van der Waals surface area contributed by atoms with Gasteiger partial charge in [-0.25, -0.2) is 4.98 Å². The number of hydrogen-bond donors (Lipinski definition) is 1. The number of aromatic hydroxyl groups is 1. The molecule has 2 heterocycles. The molecule has 0 aliphatic carbocycles. The molecule has 0 unspecified atom stereocenters. The first-order valence-corrected chi connectivity index (χ1v) is 16.9. The van der Waals surface area contributed by atoms with Gasteiger partial charge in [0.25, 0.3) is 0 Å². The number of para-hydroxylation sites is 1. The predicted molar refractivity (Wildman–Crippen MR) is 205 cm³/mol. The zero-order chi connectivity index (χ0) is 34.2. The van der Waals surface area contributed by atoms with Crippen molar-refractivity contribution in [2.45, 2.75) is 19.3 Å². The van der Waals surface area contributed by atoms with Crippen molar-refractivity contribution in [2.75, 3.05) is 0 Å². The Morgan fingerprint density at radius 3 is 1.92 bits per heavy atom. The van der Waals surface area contributed by atoms with E-state index in [1.54, 1.807) is 6.07 Å². The first-order chi connectivity index (χ1) is 24.4. The van der Waals surface area contributed by atoms with Crippen LogP contribution in [0.25, 0.3) is 67.1 Å². The average Bonchev–Trinajstić information content (AvgIpc) is 3.51. The minimum absolute atomic E-state index is 0. The summed E-state index contributed by atoms with van der Waals surface area (Å²) in [7, 11) is 2.02. The van der Waals surface area contributed by atoms with E-state index in [0.29, 0.717) is 5.82 Å². The summed E-state index contributed by atoms with van der Waals surface area (Å²) in [6.07, 6.45) is 1.93. The van der Waals surface area contributed by atoms with E-state index in [9.17, 15) is 5.11 Å². The summed E-state index contributed by atoms with van der Waals surface area (Å²) in [5, 5.41) is 11.4. The van der Waals surface area contributed by atoms with E-state index in [1.165, 1.54) is 0 Å². The van der Waals surface area contributed by atoms with Crippen LogP contribution in [0.5, 0.6) is 5.75 Å². The molecule has 6 aromatic carbocycles. The van der Waals surface area contributed by atoms with Crippen LogP contribution in [0.15, 0.2) is 158 Å². The van der Waals surface area contributed by atoms with Crippen LogP contribution in [-0.4, -0.2) is 19.6 Å². The first-order valence-electron chi connectivity index (χ1n) is 16.9. The van der Waals surface area contributed by atoms with Crippen molar-refractivity contribution < 1.29 is 26.2 Å². The Hall–Kier alpha value is -5.57. The second-order valence-electron chi connectivity index (χ2n) is 13.2. The minimum atomic E-state index is -0.383. The molecule has 1 N–H and O–H groups in total. The number of aromatic nitrogens is 3. The van der Waals surface area contributed by atoms with Crippen molar-refractivity contribution >= 4 is 11.0 Å². The van der Waals surface area contributed by atoms with E-state index in [0.717, 1.165) is 72.4 Å². The van der Waals surface area contributed by atoms with Gasteiger partial charge < -0.3 is 9.67 Å². The van der Waals surface area contributed by atoms with Crippen LogP contribution in [0.1, 0.15) is 25.0 Å². The fourth-order valence-electron chi connectivity index (χ4n) is 6.97. The Bertz CT molecular complexity index is 2450. The molecule has 0 aliphatic rings. The Morgan fingerprint density at radius 1 is 0.627 bits per heavy atom. The molecule has 4 nitrogen and oxygen atoms in total. The maximum atomic E-state index is 11.4. The molecule has 0 aliphatic heterocycles. The van der Waals surface area contributed by atoms with Gasteiger partial charge in [0.1, 0.15) is 11.6 Å².